The molecular weight excluding hydrogens is 354 g/mol. The molecule has 23 heavy (non-hydrogen) atoms. The van der Waals surface area contributed by atoms with Crippen LogP contribution in [-0.2, 0) is 6.42 Å². The number of hydrogen-bond acceptors (Lipinski definition) is 3. The smallest absolute Gasteiger partial charge is 0.331 e. The molecule has 0 saturated carbocycles. The highest BCUT2D eigenvalue weighted by molar-refractivity contribution is 7.60. The summed E-state index contributed by atoms with van der Waals surface area (Å²) in [7, 11) is -3.28. The summed E-state index contributed by atoms with van der Waals surface area (Å²) in [5, 5.41) is 1.22. The van der Waals surface area contributed by atoms with E-state index in [0.717, 1.165) is 24.0 Å². The third-order valence-corrected chi connectivity index (χ3v) is 5.97. The zero-order valence-corrected chi connectivity index (χ0v) is 15.1. The molecule has 3 nitrogen and oxygen atoms in total. The largest absolute Gasteiger partial charge is 0.617 e. The van der Waals surface area contributed by atoms with E-state index in [1.807, 2.05) is 19.1 Å². The van der Waals surface area contributed by atoms with Gasteiger partial charge in [0.05, 0.1) is 0 Å². The third-order valence-electron chi connectivity index (χ3n) is 3.69. The first-order valence-corrected chi connectivity index (χ1v) is 10.0. The maximum Gasteiger partial charge on any atom is 0.331 e. The second-order valence-electron chi connectivity index (χ2n) is 5.55. The molecule has 2 aromatic carbocycles. The molecule has 0 saturated heterocycles. The Balaban J connectivity index is 2.08. The first-order valence-electron chi connectivity index (χ1n) is 7.54. The zero-order chi connectivity index (χ0) is 16.4. The van der Waals surface area contributed by atoms with Gasteiger partial charge < -0.3 is 13.9 Å². The molecule has 122 valence electrons. The van der Waals surface area contributed by atoms with Crippen LogP contribution in [0.2, 0.25) is 10.0 Å². The lowest BCUT2D eigenvalue weighted by Gasteiger charge is -2.31. The highest BCUT2D eigenvalue weighted by atomic mass is 35.5. The Morgan fingerprint density at radius 2 is 1.52 bits per heavy atom. The number of hydrogen-bond donors (Lipinski definition) is 0. The summed E-state index contributed by atoms with van der Waals surface area (Å²) in [5.74, 6) is 1.11. The van der Waals surface area contributed by atoms with E-state index >= 15 is 0 Å². The molecule has 0 N–H and O–H groups in total. The maximum atomic E-state index is 13.1. The van der Waals surface area contributed by atoms with Crippen molar-refractivity contribution in [1.29, 1.82) is 0 Å². The molecule has 2 aromatic rings. The molecule has 1 aliphatic rings. The van der Waals surface area contributed by atoms with Crippen molar-refractivity contribution in [3.05, 3.63) is 57.6 Å². The summed E-state index contributed by atoms with van der Waals surface area (Å²) in [6, 6.07) is 10.6. The van der Waals surface area contributed by atoms with Crippen molar-refractivity contribution in [3.63, 3.8) is 0 Å². The molecule has 0 spiro atoms. The van der Waals surface area contributed by atoms with Crippen LogP contribution in [-0.4, -0.2) is 6.16 Å². The Morgan fingerprint density at radius 3 is 2.00 bits per heavy atom. The van der Waals surface area contributed by atoms with Gasteiger partial charge in [-0.3, -0.25) is 0 Å². The van der Waals surface area contributed by atoms with Crippen LogP contribution in [0, 0.1) is 0 Å². The van der Waals surface area contributed by atoms with E-state index < -0.39 is 7.94 Å². The molecule has 0 aromatic heterocycles. The van der Waals surface area contributed by atoms with Crippen molar-refractivity contribution in [2.45, 2.75) is 26.2 Å². The van der Waals surface area contributed by atoms with Crippen molar-refractivity contribution >= 4 is 31.1 Å². The minimum atomic E-state index is -3.28. The lowest BCUT2D eigenvalue weighted by molar-refractivity contribution is -0.202. The van der Waals surface area contributed by atoms with Crippen LogP contribution in [0.15, 0.2) is 36.4 Å². The topological polar surface area (TPSA) is 41.5 Å². The van der Waals surface area contributed by atoms with E-state index in [2.05, 4.69) is 0 Å². The van der Waals surface area contributed by atoms with Gasteiger partial charge in [-0.2, -0.15) is 0 Å². The molecule has 0 atom stereocenters. The Labute approximate surface area is 146 Å². The lowest BCUT2D eigenvalue weighted by atomic mass is 10.0. The highest BCUT2D eigenvalue weighted by Gasteiger charge is 2.36. The average molecular weight is 371 g/mol. The van der Waals surface area contributed by atoms with Gasteiger partial charge in [-0.25, -0.2) is 0 Å². The lowest BCUT2D eigenvalue weighted by Crippen LogP contribution is -2.26. The van der Waals surface area contributed by atoms with Crippen molar-refractivity contribution in [2.75, 3.05) is 6.16 Å². The van der Waals surface area contributed by atoms with Crippen LogP contribution in [0.5, 0.6) is 11.5 Å². The Morgan fingerprint density at radius 1 is 1.00 bits per heavy atom. The normalized spacial score (nSPS) is 15.5. The van der Waals surface area contributed by atoms with Crippen LogP contribution < -0.4 is 13.9 Å². The fourth-order valence-corrected chi connectivity index (χ4v) is 4.79. The Bertz CT molecular complexity index is 667. The van der Waals surface area contributed by atoms with Gasteiger partial charge in [0.15, 0.2) is 11.5 Å². The number of rotatable bonds is 3. The fourth-order valence-electron chi connectivity index (χ4n) is 2.52. The minimum absolute atomic E-state index is 0.369. The molecule has 0 radical (unpaired) electrons. The van der Waals surface area contributed by atoms with Crippen LogP contribution in [0.1, 0.15) is 30.9 Å². The van der Waals surface area contributed by atoms with Gasteiger partial charge in [-0.1, -0.05) is 36.5 Å². The molecule has 0 fully saturated rings. The van der Waals surface area contributed by atoms with Gasteiger partial charge in [-0.15, -0.1) is 0 Å². The highest BCUT2D eigenvalue weighted by Crippen LogP contribution is 2.55. The van der Waals surface area contributed by atoms with Crippen LogP contribution in [0.25, 0.3) is 0 Å². The van der Waals surface area contributed by atoms with E-state index in [0.29, 0.717) is 34.1 Å². The van der Waals surface area contributed by atoms with Gasteiger partial charge in [0.2, 0.25) is 0 Å². The number of fused-ring (bicyclic) bond motifs is 2. The summed E-state index contributed by atoms with van der Waals surface area (Å²) in [5.41, 5.74) is 1.75. The Hall–Kier alpha value is -0.990. The Kier molecular flexibility index (Phi) is 5.03. The van der Waals surface area contributed by atoms with E-state index in [1.54, 1.807) is 24.3 Å². The van der Waals surface area contributed by atoms with Gasteiger partial charge in [-0.05, 0) is 42.8 Å². The first-order chi connectivity index (χ1) is 11.0. The first kappa shape index (κ1) is 16.9. The third kappa shape index (κ3) is 3.92. The van der Waals surface area contributed by atoms with Crippen molar-refractivity contribution in [3.8, 4) is 11.5 Å². The van der Waals surface area contributed by atoms with Crippen LogP contribution in [0.3, 0.4) is 0 Å². The van der Waals surface area contributed by atoms with Gasteiger partial charge in [0, 0.05) is 27.6 Å². The molecule has 1 aliphatic heterocycles. The number of benzene rings is 2. The number of unbranched alkanes of at least 4 members (excludes halogenated alkanes) is 1. The van der Waals surface area contributed by atoms with Gasteiger partial charge >= 0.3 is 7.94 Å². The van der Waals surface area contributed by atoms with E-state index in [-0.39, 0.29) is 0 Å². The summed E-state index contributed by atoms with van der Waals surface area (Å²) in [4.78, 5) is 13.1. The van der Waals surface area contributed by atoms with Crippen molar-refractivity contribution in [2.24, 2.45) is 0 Å². The fraction of sp³-hybridized carbons (Fsp3) is 0.294. The van der Waals surface area contributed by atoms with Crippen LogP contribution in [0.4, 0.5) is 0 Å². The summed E-state index contributed by atoms with van der Waals surface area (Å²) in [6.07, 6.45) is 2.61. The maximum absolute atomic E-state index is 13.1. The predicted molar refractivity (Wildman–Crippen MR) is 93.7 cm³/mol. The standard InChI is InChI=1S/C17H17Cl2O3P/c1-2-3-8-23(20)21-16-6-4-14(18)10-12(16)9-13-11-15(19)5-7-17(13)22-23/h4-7,10-11H,2-3,8-9H2,1H3. The molecule has 0 bridgehead atoms. The quantitative estimate of drug-likeness (QED) is 0.690. The molecule has 3 rings (SSSR count). The van der Waals surface area contributed by atoms with E-state index in [9.17, 15) is 4.89 Å². The minimum Gasteiger partial charge on any atom is -0.617 e. The predicted octanol–water partition coefficient (Wildman–Crippen LogP) is 5.28. The van der Waals surface area contributed by atoms with E-state index in [4.69, 9.17) is 32.2 Å². The molecule has 1 heterocycles. The second kappa shape index (κ2) is 6.86. The summed E-state index contributed by atoms with van der Waals surface area (Å²) >= 11 is 12.2. The van der Waals surface area contributed by atoms with Gasteiger partial charge in [0.25, 0.3) is 0 Å². The van der Waals surface area contributed by atoms with Crippen LogP contribution >= 0.6 is 31.1 Å². The average Bonchev–Trinajstić information content (AvgIpc) is 2.50. The molecule has 0 unspecified atom stereocenters. The molecule has 0 amide bonds. The van der Waals surface area contributed by atoms with E-state index in [1.165, 1.54) is 0 Å². The summed E-state index contributed by atoms with van der Waals surface area (Å²) in [6.45, 7) is 2.04. The van der Waals surface area contributed by atoms with Crippen molar-refractivity contribution in [1.82, 2.24) is 0 Å². The monoisotopic (exact) mass is 370 g/mol. The van der Waals surface area contributed by atoms with Crippen molar-refractivity contribution < 1.29 is 13.9 Å². The summed E-state index contributed by atoms with van der Waals surface area (Å²) < 4.78 is 11.6. The molecule has 6 heteroatoms. The SMILES string of the molecule is CCCC[P+]1([O-])Oc2ccc(Cl)cc2Cc2cc(Cl)ccc2O1. The zero-order valence-electron chi connectivity index (χ0n) is 12.7. The number of halogens is 2. The van der Waals surface area contributed by atoms with Gasteiger partial charge in [0.1, 0.15) is 6.16 Å². The molecule has 0 aliphatic carbocycles. The second-order valence-corrected chi connectivity index (χ2v) is 8.46. The molecular formula is C17H17Cl2O3P.